The summed E-state index contributed by atoms with van der Waals surface area (Å²) in [6.45, 7) is 3.29. The van der Waals surface area contributed by atoms with Crippen molar-refractivity contribution < 1.29 is 31.1 Å². The number of anilines is 2. The van der Waals surface area contributed by atoms with Gasteiger partial charge in [-0.3, -0.25) is 0 Å². The van der Waals surface area contributed by atoms with Crippen molar-refractivity contribution in [2.45, 2.75) is 39.0 Å². The molecule has 36 heavy (non-hydrogen) atoms. The second kappa shape index (κ2) is 11.3. The molecule has 9 nitrogen and oxygen atoms in total. The molecule has 1 fully saturated rings. The molecule has 13 heteroatoms. The van der Waals surface area contributed by atoms with Gasteiger partial charge >= 0.3 is 12.2 Å². The van der Waals surface area contributed by atoms with Gasteiger partial charge < -0.3 is 20.3 Å². The summed E-state index contributed by atoms with van der Waals surface area (Å²) in [7, 11) is -1.97. The molecule has 1 aliphatic rings. The number of alkyl halides is 3. The first-order chi connectivity index (χ1) is 16.9. The van der Waals surface area contributed by atoms with Crippen LogP contribution in [-0.2, 0) is 29.3 Å². The smallest absolute Gasteiger partial charge is 0.433 e. The van der Waals surface area contributed by atoms with Crippen molar-refractivity contribution in [3.8, 4) is 5.75 Å². The number of carbonyl (C=O) groups is 1. The predicted octanol–water partition coefficient (Wildman–Crippen LogP) is 3.72. The van der Waals surface area contributed by atoms with Crippen molar-refractivity contribution >= 4 is 27.6 Å². The molecule has 0 saturated carbocycles. The van der Waals surface area contributed by atoms with Crippen molar-refractivity contribution in [2.75, 3.05) is 36.7 Å². The number of benzene rings is 1. The maximum atomic E-state index is 13.3. The van der Waals surface area contributed by atoms with Crippen LogP contribution in [0, 0.1) is 5.92 Å². The van der Waals surface area contributed by atoms with E-state index in [0.717, 1.165) is 25.2 Å². The van der Waals surface area contributed by atoms with Crippen LogP contribution < -0.4 is 25.0 Å². The number of pyridine rings is 1. The number of hydrogen-bond donors (Lipinski definition) is 3. The normalized spacial score (nSPS) is 15.0. The molecule has 3 rings (SSSR count). The molecule has 0 atom stereocenters. The van der Waals surface area contributed by atoms with E-state index < -0.39 is 27.9 Å². The summed E-state index contributed by atoms with van der Waals surface area (Å²) >= 11 is 0. The zero-order chi connectivity index (χ0) is 26.5. The molecule has 0 radical (unpaired) electrons. The standard InChI is InChI=1S/C23H30F3N5O4S/c1-15-8-10-31(11-9-15)21-17(5-7-20(30-21)23(24,25)26)13-27-22(32)29-18-6-4-16(19(12-18)35-2)14-28-36(3,33)34/h4-7,12,15,28H,8-11,13-14H2,1-3H3,(H2,27,29,32). The van der Waals surface area contributed by atoms with Gasteiger partial charge in [0.2, 0.25) is 10.0 Å². The van der Waals surface area contributed by atoms with E-state index in [1.807, 2.05) is 4.90 Å². The lowest BCUT2D eigenvalue weighted by Crippen LogP contribution is -2.35. The van der Waals surface area contributed by atoms with Crippen molar-refractivity contribution in [2.24, 2.45) is 5.92 Å². The van der Waals surface area contributed by atoms with E-state index in [4.69, 9.17) is 4.74 Å². The number of carbonyl (C=O) groups excluding carboxylic acids is 1. The van der Waals surface area contributed by atoms with Crippen molar-refractivity contribution in [3.05, 3.63) is 47.2 Å². The van der Waals surface area contributed by atoms with Gasteiger partial charge in [0, 0.05) is 49.1 Å². The lowest BCUT2D eigenvalue weighted by atomic mass is 9.99. The molecular formula is C23H30F3N5O4S. The number of halogens is 3. The molecule has 1 saturated heterocycles. The number of nitrogens with zero attached hydrogens (tertiary/aromatic N) is 2. The van der Waals surface area contributed by atoms with Gasteiger partial charge in [0.15, 0.2) is 0 Å². The number of aromatic nitrogens is 1. The third-order valence-corrected chi connectivity index (χ3v) is 6.51. The summed E-state index contributed by atoms with van der Waals surface area (Å²) < 4.78 is 70.1. The van der Waals surface area contributed by atoms with Crippen molar-refractivity contribution in [1.82, 2.24) is 15.0 Å². The van der Waals surface area contributed by atoms with Gasteiger partial charge in [0.1, 0.15) is 17.3 Å². The van der Waals surface area contributed by atoms with Crippen molar-refractivity contribution in [3.63, 3.8) is 0 Å². The fraction of sp³-hybridized carbons (Fsp3) is 0.478. The maximum Gasteiger partial charge on any atom is 0.433 e. The summed E-state index contributed by atoms with van der Waals surface area (Å²) in [6.07, 6.45) is -1.82. The van der Waals surface area contributed by atoms with E-state index in [1.165, 1.54) is 13.2 Å². The van der Waals surface area contributed by atoms with Crippen LogP contribution in [0.5, 0.6) is 5.75 Å². The van der Waals surface area contributed by atoms with Gasteiger partial charge in [0.05, 0.1) is 13.4 Å². The number of amides is 2. The fourth-order valence-corrected chi connectivity index (χ4v) is 4.21. The van der Waals surface area contributed by atoms with E-state index in [2.05, 4.69) is 27.3 Å². The number of piperidine rings is 1. The van der Waals surface area contributed by atoms with Crippen LogP contribution in [0.25, 0.3) is 0 Å². The lowest BCUT2D eigenvalue weighted by Gasteiger charge is -2.33. The van der Waals surface area contributed by atoms with Crippen LogP contribution in [0.1, 0.15) is 36.6 Å². The second-order valence-corrected chi connectivity index (χ2v) is 10.6. The Morgan fingerprint density at radius 2 is 1.81 bits per heavy atom. The highest BCUT2D eigenvalue weighted by Crippen LogP contribution is 2.32. The summed E-state index contributed by atoms with van der Waals surface area (Å²) in [5, 5.41) is 5.30. The highest BCUT2D eigenvalue weighted by atomic mass is 32.2. The Morgan fingerprint density at radius 1 is 1.14 bits per heavy atom. The average molecular weight is 530 g/mol. The summed E-state index contributed by atoms with van der Waals surface area (Å²) in [4.78, 5) is 18.2. The quantitative estimate of drug-likeness (QED) is 0.481. The second-order valence-electron chi connectivity index (χ2n) is 8.77. The summed E-state index contributed by atoms with van der Waals surface area (Å²) in [6, 6.07) is 6.43. The van der Waals surface area contributed by atoms with Gasteiger partial charge in [0.25, 0.3) is 0 Å². The number of ether oxygens (including phenoxy) is 1. The third kappa shape index (κ3) is 7.72. The fourth-order valence-electron chi connectivity index (χ4n) is 3.80. The minimum absolute atomic E-state index is 0.0213. The Bertz CT molecular complexity index is 1180. The highest BCUT2D eigenvalue weighted by molar-refractivity contribution is 7.88. The molecule has 2 aromatic rings. The van der Waals surface area contributed by atoms with Crippen LogP contribution in [0.15, 0.2) is 30.3 Å². The maximum absolute atomic E-state index is 13.3. The topological polar surface area (TPSA) is 113 Å². The van der Waals surface area contributed by atoms with Gasteiger partial charge in [-0.05, 0) is 30.9 Å². The van der Waals surface area contributed by atoms with Crippen molar-refractivity contribution in [1.29, 1.82) is 0 Å². The number of methoxy groups -OCH3 is 1. The Hall–Kier alpha value is -3.06. The number of urea groups is 1. The van der Waals surface area contributed by atoms with Gasteiger partial charge in [-0.1, -0.05) is 19.1 Å². The van der Waals surface area contributed by atoms with Gasteiger partial charge in [-0.15, -0.1) is 0 Å². The Labute approximate surface area is 208 Å². The number of rotatable bonds is 8. The molecule has 198 valence electrons. The SMILES string of the molecule is COc1cc(NC(=O)NCc2ccc(C(F)(F)F)nc2N2CCC(C)CC2)ccc1CNS(C)(=O)=O. The first-order valence-electron chi connectivity index (χ1n) is 11.3. The monoisotopic (exact) mass is 529 g/mol. The molecule has 1 aliphatic heterocycles. The van der Waals surface area contributed by atoms with Crippen LogP contribution in [0.2, 0.25) is 0 Å². The van der Waals surface area contributed by atoms with Crippen LogP contribution in [0.4, 0.5) is 29.5 Å². The number of hydrogen-bond acceptors (Lipinski definition) is 6. The molecular weight excluding hydrogens is 499 g/mol. The van der Waals surface area contributed by atoms with E-state index in [9.17, 15) is 26.4 Å². The summed E-state index contributed by atoms with van der Waals surface area (Å²) in [5.41, 5.74) is 0.475. The van der Waals surface area contributed by atoms with Crippen LogP contribution in [0.3, 0.4) is 0 Å². The molecule has 0 spiro atoms. The number of sulfonamides is 1. The Kier molecular flexibility index (Phi) is 8.67. The zero-order valence-corrected chi connectivity index (χ0v) is 21.1. The highest BCUT2D eigenvalue weighted by Gasteiger charge is 2.34. The largest absolute Gasteiger partial charge is 0.496 e. The molecule has 1 aromatic heterocycles. The molecule has 2 heterocycles. The van der Waals surface area contributed by atoms with E-state index in [0.29, 0.717) is 41.6 Å². The first kappa shape index (κ1) is 27.5. The van der Waals surface area contributed by atoms with Gasteiger partial charge in [-0.2, -0.15) is 13.2 Å². The Balaban J connectivity index is 1.69. The van der Waals surface area contributed by atoms with E-state index in [-0.39, 0.29) is 18.9 Å². The molecule has 2 amide bonds. The van der Waals surface area contributed by atoms with Gasteiger partial charge in [-0.25, -0.2) is 22.9 Å². The van der Waals surface area contributed by atoms with E-state index in [1.54, 1.807) is 18.2 Å². The van der Waals surface area contributed by atoms with Crippen LogP contribution >= 0.6 is 0 Å². The summed E-state index contributed by atoms with van der Waals surface area (Å²) in [5.74, 6) is 1.09. The predicted molar refractivity (Wildman–Crippen MR) is 130 cm³/mol. The molecule has 3 N–H and O–H groups in total. The third-order valence-electron chi connectivity index (χ3n) is 5.84. The van der Waals surface area contributed by atoms with E-state index >= 15 is 0 Å². The minimum Gasteiger partial charge on any atom is -0.496 e. The molecule has 0 unspecified atom stereocenters. The molecule has 1 aromatic carbocycles. The first-order valence-corrected chi connectivity index (χ1v) is 13.2. The minimum atomic E-state index is -4.57. The lowest BCUT2D eigenvalue weighted by molar-refractivity contribution is -0.141. The Morgan fingerprint density at radius 3 is 2.42 bits per heavy atom. The van der Waals surface area contributed by atoms with Crippen LogP contribution in [-0.4, -0.2) is 45.9 Å². The number of nitrogens with one attached hydrogen (secondary N) is 3. The molecule has 0 bridgehead atoms. The average Bonchev–Trinajstić information content (AvgIpc) is 2.81. The zero-order valence-electron chi connectivity index (χ0n) is 20.3. The molecule has 0 aliphatic carbocycles.